The minimum atomic E-state index is -0.845. The minimum Gasteiger partial charge on any atom is -0.497 e. The monoisotopic (exact) mass is 271 g/mol. The topological polar surface area (TPSA) is 49.8 Å². The Balaban J connectivity index is 2.16. The number of anilines is 1. The van der Waals surface area contributed by atoms with Gasteiger partial charge in [-0.05, 0) is 29.8 Å². The Kier molecular flexibility index (Phi) is 4.60. The van der Waals surface area contributed by atoms with Crippen molar-refractivity contribution < 1.29 is 14.6 Å². The van der Waals surface area contributed by atoms with Gasteiger partial charge in [-0.3, -0.25) is 4.79 Å². The van der Waals surface area contributed by atoms with Gasteiger partial charge in [-0.2, -0.15) is 0 Å². The maximum atomic E-state index is 11.0. The second-order valence-electron chi connectivity index (χ2n) is 4.43. The average molecular weight is 271 g/mol. The summed E-state index contributed by atoms with van der Waals surface area (Å²) in [6.45, 7) is 0.510. The molecule has 4 nitrogen and oxygen atoms in total. The number of nitrogens with zero attached hydrogens (tertiary/aromatic N) is 1. The largest absolute Gasteiger partial charge is 0.497 e. The van der Waals surface area contributed by atoms with Crippen LogP contribution in [0.3, 0.4) is 0 Å². The Bertz CT molecular complexity index is 552. The van der Waals surface area contributed by atoms with Crippen molar-refractivity contribution in [2.75, 3.05) is 18.6 Å². The number of methoxy groups -OCH3 is 1. The zero-order chi connectivity index (χ0) is 14.4. The molecule has 0 heterocycles. The Morgan fingerprint density at radius 2 is 1.75 bits per heavy atom. The van der Waals surface area contributed by atoms with Crippen LogP contribution >= 0.6 is 0 Å². The van der Waals surface area contributed by atoms with Crippen LogP contribution in [0, 0.1) is 0 Å². The molecule has 1 N–H and O–H groups in total. The number of carboxylic acid groups (broad SMARTS) is 1. The molecule has 0 bridgehead atoms. The van der Waals surface area contributed by atoms with Crippen molar-refractivity contribution in [1.29, 1.82) is 0 Å². The van der Waals surface area contributed by atoms with Gasteiger partial charge >= 0.3 is 5.97 Å². The molecule has 0 saturated heterocycles. The normalized spacial score (nSPS) is 10.1. The molecule has 0 atom stereocenters. The van der Waals surface area contributed by atoms with Crippen molar-refractivity contribution in [3.05, 3.63) is 60.2 Å². The van der Waals surface area contributed by atoms with Gasteiger partial charge in [-0.15, -0.1) is 0 Å². The van der Waals surface area contributed by atoms with Crippen LogP contribution in [0.5, 0.6) is 5.75 Å². The molecule has 2 aromatic carbocycles. The first-order chi connectivity index (χ1) is 9.69. The van der Waals surface area contributed by atoms with Crippen molar-refractivity contribution in [2.45, 2.75) is 6.54 Å². The second kappa shape index (κ2) is 6.61. The van der Waals surface area contributed by atoms with Crippen LogP contribution in [0.15, 0.2) is 54.6 Å². The minimum absolute atomic E-state index is 0.0317. The molecule has 0 aliphatic heterocycles. The van der Waals surface area contributed by atoms with E-state index >= 15 is 0 Å². The smallest absolute Gasteiger partial charge is 0.323 e. The van der Waals surface area contributed by atoms with Crippen molar-refractivity contribution in [1.82, 2.24) is 0 Å². The molecule has 0 spiro atoms. The van der Waals surface area contributed by atoms with E-state index in [2.05, 4.69) is 0 Å². The van der Waals surface area contributed by atoms with Gasteiger partial charge in [0, 0.05) is 12.2 Å². The third kappa shape index (κ3) is 3.75. The van der Waals surface area contributed by atoms with Crippen LogP contribution in [0.1, 0.15) is 5.56 Å². The lowest BCUT2D eigenvalue weighted by atomic mass is 10.2. The van der Waals surface area contributed by atoms with Crippen molar-refractivity contribution in [3.63, 3.8) is 0 Å². The van der Waals surface area contributed by atoms with E-state index in [-0.39, 0.29) is 6.54 Å². The van der Waals surface area contributed by atoms with Crippen molar-refractivity contribution in [2.24, 2.45) is 0 Å². The lowest BCUT2D eigenvalue weighted by Gasteiger charge is -2.23. The average Bonchev–Trinajstić information content (AvgIpc) is 2.48. The van der Waals surface area contributed by atoms with E-state index in [0.717, 1.165) is 17.0 Å². The zero-order valence-electron chi connectivity index (χ0n) is 11.3. The third-order valence-electron chi connectivity index (χ3n) is 2.98. The summed E-state index contributed by atoms with van der Waals surface area (Å²) in [5, 5.41) is 9.04. The van der Waals surface area contributed by atoms with Crippen molar-refractivity contribution in [3.8, 4) is 5.75 Å². The number of ether oxygens (including phenoxy) is 1. The number of hydrogen-bond acceptors (Lipinski definition) is 3. The molecule has 104 valence electrons. The van der Waals surface area contributed by atoms with Crippen LogP contribution in [0.4, 0.5) is 5.69 Å². The fourth-order valence-corrected chi connectivity index (χ4v) is 1.99. The van der Waals surface area contributed by atoms with Gasteiger partial charge in [0.1, 0.15) is 12.3 Å². The van der Waals surface area contributed by atoms with Crippen LogP contribution in [-0.2, 0) is 11.3 Å². The SMILES string of the molecule is COc1ccc(CN(CC(=O)O)c2ccccc2)cc1. The fraction of sp³-hybridized carbons (Fsp3) is 0.188. The molecule has 0 radical (unpaired) electrons. The molecule has 0 saturated carbocycles. The number of aliphatic carboxylic acids is 1. The van der Waals surface area contributed by atoms with Gasteiger partial charge in [0.2, 0.25) is 0 Å². The molecular formula is C16H17NO3. The molecular weight excluding hydrogens is 254 g/mol. The number of hydrogen-bond donors (Lipinski definition) is 1. The highest BCUT2D eigenvalue weighted by molar-refractivity contribution is 5.73. The number of benzene rings is 2. The molecule has 0 aromatic heterocycles. The predicted molar refractivity (Wildman–Crippen MR) is 78.1 cm³/mol. The number of carbonyl (C=O) groups is 1. The van der Waals surface area contributed by atoms with Gasteiger partial charge in [0.05, 0.1) is 7.11 Å². The molecule has 20 heavy (non-hydrogen) atoms. The number of rotatable bonds is 6. The van der Waals surface area contributed by atoms with Gasteiger partial charge in [0.15, 0.2) is 0 Å². The highest BCUT2D eigenvalue weighted by Gasteiger charge is 2.11. The van der Waals surface area contributed by atoms with E-state index in [1.54, 1.807) is 7.11 Å². The quantitative estimate of drug-likeness (QED) is 0.877. The number of carboxylic acids is 1. The van der Waals surface area contributed by atoms with Gasteiger partial charge in [0.25, 0.3) is 0 Å². The van der Waals surface area contributed by atoms with E-state index in [4.69, 9.17) is 9.84 Å². The summed E-state index contributed by atoms with van der Waals surface area (Å²) in [5.74, 6) is -0.0550. The lowest BCUT2D eigenvalue weighted by Crippen LogP contribution is -2.29. The van der Waals surface area contributed by atoms with Crippen LogP contribution in [0.2, 0.25) is 0 Å². The fourth-order valence-electron chi connectivity index (χ4n) is 1.99. The summed E-state index contributed by atoms with van der Waals surface area (Å²) < 4.78 is 5.12. The molecule has 0 aliphatic rings. The first-order valence-electron chi connectivity index (χ1n) is 6.34. The zero-order valence-corrected chi connectivity index (χ0v) is 11.3. The second-order valence-corrected chi connectivity index (χ2v) is 4.43. The van der Waals surface area contributed by atoms with Crippen LogP contribution in [0.25, 0.3) is 0 Å². The summed E-state index contributed by atoms with van der Waals surface area (Å²) in [7, 11) is 1.62. The molecule has 4 heteroatoms. The highest BCUT2D eigenvalue weighted by Crippen LogP contribution is 2.18. The van der Waals surface area contributed by atoms with E-state index in [0.29, 0.717) is 6.54 Å². The Morgan fingerprint density at radius 3 is 2.30 bits per heavy atom. The summed E-state index contributed by atoms with van der Waals surface area (Å²) in [6, 6.07) is 17.2. The maximum Gasteiger partial charge on any atom is 0.323 e. The predicted octanol–water partition coefficient (Wildman–Crippen LogP) is 2.79. The summed E-state index contributed by atoms with van der Waals surface area (Å²) >= 11 is 0. The molecule has 2 aromatic rings. The van der Waals surface area contributed by atoms with E-state index in [1.807, 2.05) is 59.5 Å². The molecule has 0 fully saturated rings. The van der Waals surface area contributed by atoms with E-state index in [9.17, 15) is 4.79 Å². The van der Waals surface area contributed by atoms with Crippen LogP contribution < -0.4 is 9.64 Å². The Morgan fingerprint density at radius 1 is 1.10 bits per heavy atom. The van der Waals surface area contributed by atoms with E-state index in [1.165, 1.54) is 0 Å². The van der Waals surface area contributed by atoms with Gasteiger partial charge in [-0.25, -0.2) is 0 Å². The van der Waals surface area contributed by atoms with Crippen LogP contribution in [-0.4, -0.2) is 24.7 Å². The number of para-hydroxylation sites is 1. The molecule has 0 amide bonds. The van der Waals surface area contributed by atoms with Gasteiger partial charge in [-0.1, -0.05) is 30.3 Å². The molecule has 2 rings (SSSR count). The maximum absolute atomic E-state index is 11.0. The van der Waals surface area contributed by atoms with Gasteiger partial charge < -0.3 is 14.7 Å². The molecule has 0 unspecified atom stereocenters. The van der Waals surface area contributed by atoms with Crippen molar-refractivity contribution >= 4 is 11.7 Å². The highest BCUT2D eigenvalue weighted by atomic mass is 16.5. The first-order valence-corrected chi connectivity index (χ1v) is 6.34. The molecule has 0 aliphatic carbocycles. The summed E-state index contributed by atoms with van der Waals surface area (Å²) in [6.07, 6.45) is 0. The first kappa shape index (κ1) is 13.9. The Labute approximate surface area is 118 Å². The van der Waals surface area contributed by atoms with E-state index < -0.39 is 5.97 Å². The third-order valence-corrected chi connectivity index (χ3v) is 2.98. The summed E-state index contributed by atoms with van der Waals surface area (Å²) in [4.78, 5) is 12.8. The Hall–Kier alpha value is -2.49. The lowest BCUT2D eigenvalue weighted by molar-refractivity contribution is -0.135. The summed E-state index contributed by atoms with van der Waals surface area (Å²) in [5.41, 5.74) is 1.93. The standard InChI is InChI=1S/C16H17NO3/c1-20-15-9-7-13(8-10-15)11-17(12-16(18)19)14-5-3-2-4-6-14/h2-10H,11-12H2,1H3,(H,18,19).